The van der Waals surface area contributed by atoms with E-state index >= 15 is 0 Å². The molecule has 3 aromatic rings. The zero-order valence-electron chi connectivity index (χ0n) is 13.0. The molecule has 0 saturated heterocycles. The molecular formula is C16H18N4OS. The SMILES string of the molecule is Cc1ccc(Nc2ncnc3sc(C)nc23)c(OC(C)C)c1. The standard InChI is InChI=1S/C16H18N4OS/c1-9(2)21-13-7-10(3)5-6-12(13)20-15-14-16(18-8-17-15)22-11(4)19-14/h5-9H,1-4H3,(H,17,18,20). The Hall–Kier alpha value is -2.21. The number of rotatable bonds is 4. The van der Waals surface area contributed by atoms with Gasteiger partial charge in [-0.2, -0.15) is 0 Å². The van der Waals surface area contributed by atoms with Gasteiger partial charge in [0.05, 0.1) is 16.8 Å². The van der Waals surface area contributed by atoms with Crippen LogP contribution < -0.4 is 10.1 Å². The lowest BCUT2D eigenvalue weighted by atomic mass is 10.2. The number of fused-ring (bicyclic) bond motifs is 1. The van der Waals surface area contributed by atoms with Crippen LogP contribution in [0.5, 0.6) is 5.75 Å². The summed E-state index contributed by atoms with van der Waals surface area (Å²) in [4.78, 5) is 14.0. The van der Waals surface area contributed by atoms with Crippen LogP contribution in [-0.2, 0) is 0 Å². The van der Waals surface area contributed by atoms with Crippen molar-refractivity contribution in [2.75, 3.05) is 5.32 Å². The summed E-state index contributed by atoms with van der Waals surface area (Å²) in [7, 11) is 0. The molecule has 0 aliphatic carbocycles. The van der Waals surface area contributed by atoms with Crippen LogP contribution in [-0.4, -0.2) is 21.1 Å². The molecule has 114 valence electrons. The molecule has 5 nitrogen and oxygen atoms in total. The normalized spacial score (nSPS) is 11.1. The molecule has 0 saturated carbocycles. The Balaban J connectivity index is 2.01. The van der Waals surface area contributed by atoms with E-state index < -0.39 is 0 Å². The Morgan fingerprint density at radius 3 is 2.77 bits per heavy atom. The molecule has 0 bridgehead atoms. The number of nitrogens with zero attached hydrogens (tertiary/aromatic N) is 3. The summed E-state index contributed by atoms with van der Waals surface area (Å²) in [6, 6.07) is 6.06. The van der Waals surface area contributed by atoms with Crippen LogP contribution in [0.3, 0.4) is 0 Å². The van der Waals surface area contributed by atoms with Gasteiger partial charge in [0.25, 0.3) is 0 Å². The second-order valence-corrected chi connectivity index (χ2v) is 6.58. The van der Waals surface area contributed by atoms with Crippen LogP contribution in [0.15, 0.2) is 24.5 Å². The number of nitrogens with one attached hydrogen (secondary N) is 1. The van der Waals surface area contributed by atoms with E-state index in [2.05, 4.69) is 20.3 Å². The number of hydrogen-bond donors (Lipinski definition) is 1. The number of aryl methyl sites for hydroxylation is 2. The van der Waals surface area contributed by atoms with Gasteiger partial charge in [0, 0.05) is 0 Å². The minimum Gasteiger partial charge on any atom is -0.489 e. The maximum absolute atomic E-state index is 5.89. The van der Waals surface area contributed by atoms with Gasteiger partial charge in [-0.3, -0.25) is 0 Å². The van der Waals surface area contributed by atoms with Gasteiger partial charge in [-0.15, -0.1) is 0 Å². The van der Waals surface area contributed by atoms with Crippen molar-refractivity contribution in [3.63, 3.8) is 0 Å². The molecule has 0 fully saturated rings. The topological polar surface area (TPSA) is 59.9 Å². The molecule has 1 aromatic carbocycles. The van der Waals surface area contributed by atoms with Crippen LogP contribution in [0.4, 0.5) is 11.5 Å². The Morgan fingerprint density at radius 1 is 1.18 bits per heavy atom. The van der Waals surface area contributed by atoms with Gasteiger partial charge in [-0.1, -0.05) is 17.4 Å². The molecule has 2 heterocycles. The lowest BCUT2D eigenvalue weighted by molar-refractivity contribution is 0.243. The van der Waals surface area contributed by atoms with Gasteiger partial charge in [0.1, 0.15) is 22.4 Å². The smallest absolute Gasteiger partial charge is 0.161 e. The van der Waals surface area contributed by atoms with E-state index in [1.807, 2.05) is 45.9 Å². The molecule has 0 amide bonds. The van der Waals surface area contributed by atoms with E-state index in [9.17, 15) is 0 Å². The van der Waals surface area contributed by atoms with E-state index in [1.165, 1.54) is 0 Å². The molecule has 2 aromatic heterocycles. The maximum atomic E-state index is 5.89. The summed E-state index contributed by atoms with van der Waals surface area (Å²) in [6.07, 6.45) is 1.66. The Labute approximate surface area is 133 Å². The third-order valence-electron chi connectivity index (χ3n) is 3.06. The third-order valence-corrected chi connectivity index (χ3v) is 3.93. The van der Waals surface area contributed by atoms with Crippen molar-refractivity contribution in [3.05, 3.63) is 35.1 Å². The van der Waals surface area contributed by atoms with Crippen molar-refractivity contribution in [3.8, 4) is 5.75 Å². The fourth-order valence-electron chi connectivity index (χ4n) is 2.16. The lowest BCUT2D eigenvalue weighted by Crippen LogP contribution is -2.08. The number of ether oxygens (including phenoxy) is 1. The van der Waals surface area contributed by atoms with Gasteiger partial charge in [0.2, 0.25) is 0 Å². The Bertz CT molecular complexity index is 813. The molecule has 6 heteroatoms. The molecule has 0 unspecified atom stereocenters. The van der Waals surface area contributed by atoms with Crippen molar-refractivity contribution in [1.29, 1.82) is 0 Å². The summed E-state index contributed by atoms with van der Waals surface area (Å²) in [5.74, 6) is 1.51. The molecule has 0 spiro atoms. The number of anilines is 2. The van der Waals surface area contributed by atoms with Crippen molar-refractivity contribution < 1.29 is 4.74 Å². The molecule has 3 rings (SSSR count). The van der Waals surface area contributed by atoms with E-state index in [-0.39, 0.29) is 6.10 Å². The molecule has 0 aliphatic rings. The second-order valence-electron chi connectivity index (χ2n) is 5.40. The van der Waals surface area contributed by atoms with Crippen LogP contribution in [0.25, 0.3) is 10.3 Å². The van der Waals surface area contributed by atoms with Crippen LogP contribution in [0.1, 0.15) is 24.4 Å². The largest absolute Gasteiger partial charge is 0.489 e. The Kier molecular flexibility index (Phi) is 3.94. The molecule has 0 radical (unpaired) electrons. The molecular weight excluding hydrogens is 296 g/mol. The van der Waals surface area contributed by atoms with Gasteiger partial charge in [-0.25, -0.2) is 15.0 Å². The average Bonchev–Trinajstić information content (AvgIpc) is 2.82. The average molecular weight is 314 g/mol. The van der Waals surface area contributed by atoms with Gasteiger partial charge < -0.3 is 10.1 Å². The highest BCUT2D eigenvalue weighted by atomic mass is 32.1. The predicted octanol–water partition coefficient (Wildman–Crippen LogP) is 4.23. The highest BCUT2D eigenvalue weighted by Crippen LogP contribution is 2.32. The minimum atomic E-state index is 0.106. The first-order valence-electron chi connectivity index (χ1n) is 7.15. The third kappa shape index (κ3) is 3.01. The maximum Gasteiger partial charge on any atom is 0.161 e. The zero-order chi connectivity index (χ0) is 15.7. The van der Waals surface area contributed by atoms with Crippen molar-refractivity contribution in [2.24, 2.45) is 0 Å². The fourth-order valence-corrected chi connectivity index (χ4v) is 2.92. The summed E-state index contributed by atoms with van der Waals surface area (Å²) in [5, 5.41) is 4.30. The molecule has 0 aliphatic heterocycles. The van der Waals surface area contributed by atoms with E-state index in [1.54, 1.807) is 17.7 Å². The number of hydrogen-bond acceptors (Lipinski definition) is 6. The first kappa shape index (κ1) is 14.7. The summed E-state index contributed by atoms with van der Waals surface area (Å²) in [5.41, 5.74) is 2.82. The van der Waals surface area contributed by atoms with Crippen LogP contribution in [0.2, 0.25) is 0 Å². The first-order valence-corrected chi connectivity index (χ1v) is 7.97. The van der Waals surface area contributed by atoms with Crippen molar-refractivity contribution in [2.45, 2.75) is 33.8 Å². The van der Waals surface area contributed by atoms with Gasteiger partial charge >= 0.3 is 0 Å². The first-order chi connectivity index (χ1) is 10.5. The molecule has 0 atom stereocenters. The highest BCUT2D eigenvalue weighted by molar-refractivity contribution is 7.18. The second kappa shape index (κ2) is 5.88. The number of aromatic nitrogens is 3. The fraction of sp³-hybridized carbons (Fsp3) is 0.312. The molecule has 22 heavy (non-hydrogen) atoms. The van der Waals surface area contributed by atoms with Crippen molar-refractivity contribution >= 4 is 33.2 Å². The number of benzene rings is 1. The summed E-state index contributed by atoms with van der Waals surface area (Å²) < 4.78 is 5.89. The quantitative estimate of drug-likeness (QED) is 0.780. The van der Waals surface area contributed by atoms with E-state index in [0.29, 0.717) is 5.82 Å². The van der Waals surface area contributed by atoms with Gasteiger partial charge in [0.15, 0.2) is 5.82 Å². The van der Waals surface area contributed by atoms with Crippen LogP contribution in [0, 0.1) is 13.8 Å². The van der Waals surface area contributed by atoms with E-state index in [0.717, 1.165) is 32.4 Å². The zero-order valence-corrected chi connectivity index (χ0v) is 13.9. The van der Waals surface area contributed by atoms with Gasteiger partial charge in [-0.05, 0) is 45.4 Å². The lowest BCUT2D eigenvalue weighted by Gasteiger charge is -2.16. The van der Waals surface area contributed by atoms with Crippen LogP contribution >= 0.6 is 11.3 Å². The highest BCUT2D eigenvalue weighted by Gasteiger charge is 2.12. The Morgan fingerprint density at radius 2 is 2.00 bits per heavy atom. The summed E-state index contributed by atoms with van der Waals surface area (Å²) >= 11 is 1.56. The van der Waals surface area contributed by atoms with Crippen molar-refractivity contribution in [1.82, 2.24) is 15.0 Å². The monoisotopic (exact) mass is 314 g/mol. The number of thiazole rings is 1. The minimum absolute atomic E-state index is 0.106. The predicted molar refractivity (Wildman–Crippen MR) is 90.2 cm³/mol. The summed E-state index contributed by atoms with van der Waals surface area (Å²) in [6.45, 7) is 8.04. The van der Waals surface area contributed by atoms with E-state index in [4.69, 9.17) is 4.74 Å². The molecule has 1 N–H and O–H groups in total.